The molecule has 1 nitrogen and oxygen atoms in total. The van der Waals surface area contributed by atoms with Crippen LogP contribution in [-0.2, 0) is 0 Å². The van der Waals surface area contributed by atoms with Crippen molar-refractivity contribution in [2.45, 2.75) is 0 Å². The molecule has 0 spiro atoms. The normalized spacial score (nSPS) is 11.5. The summed E-state index contributed by atoms with van der Waals surface area (Å²) in [6.45, 7) is 11.8. The first-order valence-electron chi connectivity index (χ1n) is 7.18. The van der Waals surface area contributed by atoms with Crippen LogP contribution in [0.25, 0.3) is 40.9 Å². The van der Waals surface area contributed by atoms with Crippen molar-refractivity contribution >= 4 is 29.6 Å². The summed E-state index contributed by atoms with van der Waals surface area (Å²) in [4.78, 5) is 4.87. The maximum atomic E-state index is 4.87. The number of allylic oxidation sites excluding steroid dienone is 1. The fourth-order valence-corrected chi connectivity index (χ4v) is 2.64. The van der Waals surface area contributed by atoms with Crippen LogP contribution in [-0.4, -0.2) is 4.98 Å². The maximum Gasteiger partial charge on any atom is 0.0793 e. The van der Waals surface area contributed by atoms with E-state index in [9.17, 15) is 0 Å². The Morgan fingerprint density at radius 3 is 2.41 bits per heavy atom. The molecule has 1 aromatic heterocycles. The molecule has 1 heterocycles. The average molecular weight is 283 g/mol. The van der Waals surface area contributed by atoms with Crippen LogP contribution in [0.4, 0.5) is 0 Å². The van der Waals surface area contributed by atoms with Gasteiger partial charge in [0.25, 0.3) is 0 Å². The van der Waals surface area contributed by atoms with Crippen molar-refractivity contribution < 1.29 is 0 Å². The quantitative estimate of drug-likeness (QED) is 0.710. The van der Waals surface area contributed by atoms with Gasteiger partial charge in [-0.1, -0.05) is 74.4 Å². The van der Waals surface area contributed by atoms with E-state index < -0.39 is 0 Å². The second-order valence-electron chi connectivity index (χ2n) is 5.10. The first kappa shape index (κ1) is 14.0. The molecule has 22 heavy (non-hydrogen) atoms. The van der Waals surface area contributed by atoms with Crippen LogP contribution in [0.2, 0.25) is 0 Å². The van der Waals surface area contributed by atoms with Crippen LogP contribution in [0, 0.1) is 0 Å². The van der Waals surface area contributed by atoms with Gasteiger partial charge >= 0.3 is 0 Å². The molecular weight excluding hydrogens is 266 g/mol. The molecule has 0 bridgehead atoms. The van der Waals surface area contributed by atoms with Gasteiger partial charge in [0.05, 0.1) is 11.2 Å². The summed E-state index contributed by atoms with van der Waals surface area (Å²) in [7, 11) is 0. The molecule has 0 saturated carbocycles. The Labute approximate surface area is 130 Å². The highest BCUT2D eigenvalue weighted by molar-refractivity contribution is 5.90. The lowest BCUT2D eigenvalue weighted by molar-refractivity contribution is 1.37. The number of hydrogen-bond donors (Lipinski definition) is 0. The van der Waals surface area contributed by atoms with Gasteiger partial charge in [-0.3, -0.25) is 0 Å². The molecule has 0 N–H and O–H groups in total. The number of hydrogen-bond acceptors (Lipinski definition) is 1. The van der Waals surface area contributed by atoms with Crippen molar-refractivity contribution in [1.82, 2.24) is 4.98 Å². The number of aromatic nitrogens is 1. The highest BCUT2D eigenvalue weighted by Gasteiger charge is 2.05. The van der Waals surface area contributed by atoms with Gasteiger partial charge in [-0.05, 0) is 22.9 Å². The van der Waals surface area contributed by atoms with E-state index in [2.05, 4.69) is 37.9 Å². The van der Waals surface area contributed by atoms with Crippen LogP contribution in [0.15, 0.2) is 67.8 Å². The molecule has 0 saturated heterocycles. The summed E-state index contributed by atoms with van der Waals surface area (Å²) in [6.07, 6.45) is 5.58. The molecule has 106 valence electrons. The van der Waals surface area contributed by atoms with E-state index in [0.29, 0.717) is 0 Å². The van der Waals surface area contributed by atoms with Gasteiger partial charge in [-0.25, -0.2) is 4.98 Å². The molecule has 0 radical (unpaired) electrons. The number of fused-ring (bicyclic) bond motifs is 1. The van der Waals surface area contributed by atoms with Crippen LogP contribution in [0.3, 0.4) is 0 Å². The van der Waals surface area contributed by atoms with Crippen LogP contribution in [0.1, 0.15) is 5.56 Å². The summed E-state index contributed by atoms with van der Waals surface area (Å²) in [6, 6.07) is 16.4. The number of nitrogens with zero attached hydrogens (tertiary/aromatic N) is 1. The first-order chi connectivity index (χ1) is 10.7. The van der Waals surface area contributed by atoms with Crippen molar-refractivity contribution in [2.24, 2.45) is 0 Å². The molecular formula is C21H17N. The largest absolute Gasteiger partial charge is 0.247 e. The minimum atomic E-state index is 0.931. The molecule has 0 atom stereocenters. The molecule has 2 aromatic carbocycles. The standard InChI is InChI=1S/C21H17N/c1-4-9-18-15(3)14-16(5-2)19-12-13-20(22-21(18)19)17-10-7-6-8-11-17/h4-14H,1-3H2. The molecule has 0 aliphatic carbocycles. The minimum absolute atomic E-state index is 0.931. The van der Waals surface area contributed by atoms with E-state index in [1.54, 1.807) is 6.08 Å². The summed E-state index contributed by atoms with van der Waals surface area (Å²) in [5.41, 5.74) is 4.04. The van der Waals surface area contributed by atoms with E-state index in [0.717, 1.165) is 38.2 Å². The zero-order chi connectivity index (χ0) is 15.5. The van der Waals surface area contributed by atoms with E-state index in [-0.39, 0.29) is 0 Å². The maximum absolute atomic E-state index is 4.87. The topological polar surface area (TPSA) is 12.9 Å². The zero-order valence-electron chi connectivity index (χ0n) is 12.4. The Bertz CT molecular complexity index is 966. The summed E-state index contributed by atoms with van der Waals surface area (Å²) < 4.78 is 0. The van der Waals surface area contributed by atoms with Crippen molar-refractivity contribution in [3.8, 4) is 11.3 Å². The third kappa shape index (κ3) is 2.38. The van der Waals surface area contributed by atoms with Crippen LogP contribution in [0.5, 0.6) is 0 Å². The molecule has 0 aliphatic rings. The van der Waals surface area contributed by atoms with E-state index in [1.165, 1.54) is 0 Å². The molecule has 0 unspecified atom stereocenters. The fourth-order valence-electron chi connectivity index (χ4n) is 2.64. The highest BCUT2D eigenvalue weighted by Crippen LogP contribution is 2.21. The van der Waals surface area contributed by atoms with Crippen molar-refractivity contribution in [3.63, 3.8) is 0 Å². The Morgan fingerprint density at radius 2 is 1.73 bits per heavy atom. The summed E-state index contributed by atoms with van der Waals surface area (Å²) >= 11 is 0. The first-order valence-corrected chi connectivity index (χ1v) is 7.18. The van der Waals surface area contributed by atoms with E-state index >= 15 is 0 Å². The molecule has 0 fully saturated rings. The van der Waals surface area contributed by atoms with Gasteiger partial charge in [-0.15, -0.1) is 0 Å². The third-order valence-corrected chi connectivity index (χ3v) is 3.71. The Kier molecular flexibility index (Phi) is 3.71. The predicted octanol–water partition coefficient (Wildman–Crippen LogP) is 3.92. The lowest BCUT2D eigenvalue weighted by Gasteiger charge is -2.07. The van der Waals surface area contributed by atoms with Gasteiger partial charge < -0.3 is 0 Å². The lowest BCUT2D eigenvalue weighted by Crippen LogP contribution is -2.25. The third-order valence-electron chi connectivity index (χ3n) is 3.71. The highest BCUT2D eigenvalue weighted by atomic mass is 14.7. The molecule has 0 amide bonds. The Hall–Kier alpha value is -2.93. The Morgan fingerprint density at radius 1 is 0.955 bits per heavy atom. The average Bonchev–Trinajstić information content (AvgIpc) is 2.57. The van der Waals surface area contributed by atoms with Crippen LogP contribution >= 0.6 is 0 Å². The van der Waals surface area contributed by atoms with Crippen molar-refractivity contribution in [1.29, 1.82) is 0 Å². The fraction of sp³-hybridized carbons (Fsp3) is 0. The second kappa shape index (κ2) is 5.82. The van der Waals surface area contributed by atoms with Gasteiger partial charge in [0, 0.05) is 16.2 Å². The molecule has 1 heteroatoms. The molecule has 0 aliphatic heterocycles. The summed E-state index contributed by atoms with van der Waals surface area (Å²) in [5.74, 6) is 0. The predicted molar refractivity (Wildman–Crippen MR) is 96.7 cm³/mol. The smallest absolute Gasteiger partial charge is 0.0793 e. The van der Waals surface area contributed by atoms with Crippen molar-refractivity contribution in [2.75, 3.05) is 0 Å². The zero-order valence-corrected chi connectivity index (χ0v) is 12.4. The minimum Gasteiger partial charge on any atom is -0.247 e. The number of rotatable bonds is 3. The van der Waals surface area contributed by atoms with Crippen molar-refractivity contribution in [3.05, 3.63) is 83.8 Å². The molecule has 3 rings (SSSR count). The lowest BCUT2D eigenvalue weighted by atomic mass is 10.0. The second-order valence-corrected chi connectivity index (χ2v) is 5.10. The molecule has 3 aromatic rings. The SMILES string of the molecule is C=CC=c1c(=C)cc(C=C)c2ccc(-c3ccccc3)nc12. The van der Waals surface area contributed by atoms with Gasteiger partial charge in [-0.2, -0.15) is 0 Å². The van der Waals surface area contributed by atoms with Gasteiger partial charge in [0.2, 0.25) is 0 Å². The number of benzene rings is 2. The van der Waals surface area contributed by atoms with Crippen LogP contribution < -0.4 is 10.4 Å². The monoisotopic (exact) mass is 283 g/mol. The van der Waals surface area contributed by atoms with E-state index in [4.69, 9.17) is 4.98 Å². The number of pyridine rings is 1. The Balaban J connectivity index is 2.42. The van der Waals surface area contributed by atoms with Gasteiger partial charge in [0.1, 0.15) is 0 Å². The summed E-state index contributed by atoms with van der Waals surface area (Å²) in [5, 5.41) is 3.02. The van der Waals surface area contributed by atoms with Gasteiger partial charge in [0.15, 0.2) is 0 Å². The van der Waals surface area contributed by atoms with E-state index in [1.807, 2.05) is 42.5 Å².